The molecule has 20 heavy (non-hydrogen) atoms. The van der Waals surface area contributed by atoms with Crippen LogP contribution in [0.25, 0.3) is 0 Å². The van der Waals surface area contributed by atoms with Crippen molar-refractivity contribution in [3.05, 3.63) is 33.4 Å². The summed E-state index contributed by atoms with van der Waals surface area (Å²) in [4.78, 5) is 33.4. The smallest absolute Gasteiger partial charge is 0.314 e. The van der Waals surface area contributed by atoms with E-state index in [1.54, 1.807) is 0 Å². The molecule has 0 spiro atoms. The highest BCUT2D eigenvalue weighted by molar-refractivity contribution is 14.1. The number of rotatable bonds is 7. The minimum atomic E-state index is -1.82. The highest BCUT2D eigenvalue weighted by atomic mass is 127. The van der Waals surface area contributed by atoms with Crippen molar-refractivity contribution in [3.8, 4) is 0 Å². The molecule has 0 bridgehead atoms. The van der Waals surface area contributed by atoms with Gasteiger partial charge in [-0.2, -0.15) is 0 Å². The molecule has 0 aliphatic rings. The van der Waals surface area contributed by atoms with E-state index >= 15 is 0 Å². The topological polar surface area (TPSA) is 97.7 Å². The van der Waals surface area contributed by atoms with E-state index in [0.717, 1.165) is 9.13 Å². The van der Waals surface area contributed by atoms with Gasteiger partial charge in [-0.05, 0) is 46.7 Å². The number of carbonyl (C=O) groups is 2. The molecule has 0 radical (unpaired) electrons. The predicted octanol–water partition coefficient (Wildman–Crippen LogP) is 1.92. The summed E-state index contributed by atoms with van der Waals surface area (Å²) in [6.45, 7) is 0. The van der Waals surface area contributed by atoms with Gasteiger partial charge in [0.05, 0.1) is 13.6 Å². The van der Waals surface area contributed by atoms with Crippen LogP contribution in [0, 0.1) is 9.49 Å². The molecule has 0 aliphatic carbocycles. The van der Waals surface area contributed by atoms with Crippen LogP contribution in [-0.2, 0) is 15.8 Å². The lowest BCUT2D eigenvalue weighted by Gasteiger charge is -2.06. The third kappa shape index (κ3) is 6.45. The van der Waals surface area contributed by atoms with E-state index < -0.39 is 25.6 Å². The number of hydrogen-bond donors (Lipinski definition) is 2. The molecule has 7 heteroatoms. The van der Waals surface area contributed by atoms with Gasteiger partial charge in [-0.15, -0.1) is 0 Å². The monoisotopic (exact) mass is 408 g/mol. The molecule has 0 saturated heterocycles. The minimum Gasteiger partial charge on any atom is -0.630 e. The van der Waals surface area contributed by atoms with Crippen LogP contribution in [0.4, 0.5) is 0 Å². The third-order valence-corrected chi connectivity index (χ3v) is 4.67. The van der Waals surface area contributed by atoms with Gasteiger partial charge < -0.3 is 15.1 Å². The molecule has 2 atom stereocenters. The summed E-state index contributed by atoms with van der Waals surface area (Å²) in [5.41, 5.74) is 0.866. The van der Waals surface area contributed by atoms with Crippen molar-refractivity contribution >= 4 is 48.1 Å². The Labute approximate surface area is 131 Å². The van der Waals surface area contributed by atoms with Gasteiger partial charge in [0.25, 0.3) is 0 Å². The molecular formula is C13H14IO5P. The van der Waals surface area contributed by atoms with Crippen LogP contribution in [0.1, 0.15) is 18.4 Å². The summed E-state index contributed by atoms with van der Waals surface area (Å²) >= 11 is 2.16. The van der Waals surface area contributed by atoms with Gasteiger partial charge in [-0.3, -0.25) is 9.59 Å². The standard InChI is InChI=1S/C13H14IO5P/c14-11-4-1-9(2-5-11)7-20(19)8-10(13(17)18)3-6-12(15)16/h1-2,4-5,8,10H,3,6-7H2,(H,15,16)(H,17,18)/t10-/m1/s1. The van der Waals surface area contributed by atoms with Crippen molar-refractivity contribution in [2.24, 2.45) is 5.92 Å². The lowest BCUT2D eigenvalue weighted by molar-refractivity contribution is -0.154. The summed E-state index contributed by atoms with van der Waals surface area (Å²) in [6, 6.07) is 7.46. The highest BCUT2D eigenvalue weighted by Crippen LogP contribution is 2.22. The maximum atomic E-state index is 11.9. The molecule has 2 N–H and O–H groups in total. The van der Waals surface area contributed by atoms with Crippen LogP contribution in [0.2, 0.25) is 0 Å². The SMILES string of the molecule is O=C(O)CC[C@H](C=[P+]([O-])Cc1ccc(I)cc1)C(=O)O. The van der Waals surface area contributed by atoms with E-state index in [-0.39, 0.29) is 19.0 Å². The van der Waals surface area contributed by atoms with Gasteiger partial charge in [-0.1, -0.05) is 12.1 Å². The van der Waals surface area contributed by atoms with Crippen molar-refractivity contribution in [2.45, 2.75) is 19.0 Å². The van der Waals surface area contributed by atoms with E-state index in [0.29, 0.717) is 0 Å². The molecule has 108 valence electrons. The Morgan fingerprint density at radius 1 is 1.30 bits per heavy atom. The lowest BCUT2D eigenvalue weighted by atomic mass is 10.1. The maximum absolute atomic E-state index is 11.9. The molecular weight excluding hydrogens is 394 g/mol. The van der Waals surface area contributed by atoms with E-state index in [1.807, 2.05) is 24.3 Å². The molecule has 0 heterocycles. The van der Waals surface area contributed by atoms with E-state index in [2.05, 4.69) is 22.6 Å². The van der Waals surface area contributed by atoms with Crippen LogP contribution in [-0.4, -0.2) is 27.9 Å². The molecule has 0 aliphatic heterocycles. The van der Waals surface area contributed by atoms with E-state index in [1.165, 1.54) is 5.80 Å². The first kappa shape index (κ1) is 17.1. The van der Waals surface area contributed by atoms with Crippen LogP contribution in [0.5, 0.6) is 0 Å². The van der Waals surface area contributed by atoms with Gasteiger partial charge in [-0.25, -0.2) is 0 Å². The predicted molar refractivity (Wildman–Crippen MR) is 83.8 cm³/mol. The molecule has 1 rings (SSSR count). The molecule has 5 nitrogen and oxygen atoms in total. The summed E-state index contributed by atoms with van der Waals surface area (Å²) in [6.07, 6.45) is -0.0261. The average molecular weight is 408 g/mol. The molecule has 0 fully saturated rings. The van der Waals surface area contributed by atoms with Crippen molar-refractivity contribution < 1.29 is 24.7 Å². The second-order valence-corrected chi connectivity index (χ2v) is 6.92. The quantitative estimate of drug-likeness (QED) is 0.531. The Morgan fingerprint density at radius 2 is 1.90 bits per heavy atom. The number of hydrogen-bond acceptors (Lipinski definition) is 3. The van der Waals surface area contributed by atoms with Gasteiger partial charge in [0.2, 0.25) is 0 Å². The van der Waals surface area contributed by atoms with Gasteiger partial charge in [0, 0.05) is 9.99 Å². The van der Waals surface area contributed by atoms with Gasteiger partial charge >= 0.3 is 11.9 Å². The molecule has 1 unspecified atom stereocenters. The summed E-state index contributed by atoms with van der Waals surface area (Å²) in [5.74, 6) is -1.94. The first-order chi connectivity index (χ1) is 9.38. The molecule has 1 aromatic carbocycles. The molecule has 0 amide bonds. The fraction of sp³-hybridized carbons (Fsp3) is 0.308. The van der Waals surface area contributed by atoms with Crippen LogP contribution in [0.3, 0.4) is 0 Å². The van der Waals surface area contributed by atoms with E-state index in [9.17, 15) is 14.5 Å². The number of aliphatic carboxylic acids is 2. The first-order valence-electron chi connectivity index (χ1n) is 5.86. The zero-order chi connectivity index (χ0) is 15.1. The third-order valence-electron chi connectivity index (χ3n) is 2.58. The summed E-state index contributed by atoms with van der Waals surface area (Å²) in [5, 5.41) is 17.5. The second-order valence-electron chi connectivity index (χ2n) is 4.23. The number of carboxylic acids is 2. The number of halogens is 1. The fourth-order valence-corrected chi connectivity index (χ4v) is 3.28. The highest BCUT2D eigenvalue weighted by Gasteiger charge is 2.19. The Morgan fingerprint density at radius 3 is 2.40 bits per heavy atom. The zero-order valence-electron chi connectivity index (χ0n) is 10.5. The van der Waals surface area contributed by atoms with Gasteiger partial charge in [0.15, 0.2) is 0 Å². The Hall–Kier alpha value is -0.980. The average Bonchev–Trinajstić information content (AvgIpc) is 2.36. The number of carboxylic acid groups (broad SMARTS) is 2. The Balaban J connectivity index is 2.70. The molecule has 0 saturated carbocycles. The summed E-state index contributed by atoms with van der Waals surface area (Å²) < 4.78 is 1.07. The van der Waals surface area contributed by atoms with Crippen molar-refractivity contribution in [1.82, 2.24) is 0 Å². The zero-order valence-corrected chi connectivity index (χ0v) is 13.6. The second kappa shape index (κ2) is 8.34. The van der Waals surface area contributed by atoms with Crippen molar-refractivity contribution in [1.29, 1.82) is 0 Å². The molecule has 1 aromatic rings. The van der Waals surface area contributed by atoms with Crippen molar-refractivity contribution in [3.63, 3.8) is 0 Å². The van der Waals surface area contributed by atoms with E-state index in [4.69, 9.17) is 10.2 Å². The largest absolute Gasteiger partial charge is 0.630 e. The molecule has 0 aromatic heterocycles. The fourth-order valence-electron chi connectivity index (χ4n) is 1.56. The normalized spacial score (nSPS) is 13.0. The Kier molecular flexibility index (Phi) is 7.12. The maximum Gasteiger partial charge on any atom is 0.314 e. The van der Waals surface area contributed by atoms with Crippen molar-refractivity contribution in [2.75, 3.05) is 0 Å². The first-order valence-corrected chi connectivity index (χ1v) is 8.45. The van der Waals surface area contributed by atoms with Crippen LogP contribution < -0.4 is 4.89 Å². The minimum absolute atomic E-state index is 0.0432. The number of benzene rings is 1. The summed E-state index contributed by atoms with van der Waals surface area (Å²) in [7, 11) is -1.82. The van der Waals surface area contributed by atoms with Gasteiger partial charge in [0.1, 0.15) is 12.1 Å². The van der Waals surface area contributed by atoms with Crippen LogP contribution in [0.15, 0.2) is 24.3 Å². The Bertz CT molecular complexity index is 512. The van der Waals surface area contributed by atoms with Crippen LogP contribution >= 0.6 is 30.4 Å². The lowest BCUT2D eigenvalue weighted by Crippen LogP contribution is -2.17.